The maximum absolute atomic E-state index is 13.7. The highest BCUT2D eigenvalue weighted by atomic mass is 35.5. The number of carbonyl (C=O) groups excluding carboxylic acids is 1. The molecule has 0 aliphatic heterocycles. The molecule has 0 radical (unpaired) electrons. The van der Waals surface area contributed by atoms with Crippen LogP contribution in [-0.4, -0.2) is 41.7 Å². The van der Waals surface area contributed by atoms with E-state index < -0.39 is 10.0 Å². The number of aromatic nitrogens is 2. The molecule has 0 N–H and O–H groups in total. The predicted octanol–water partition coefficient (Wildman–Crippen LogP) is 6.00. The number of nitrogens with zero attached hydrogens (tertiary/aromatic N) is 4. The zero-order valence-electron chi connectivity index (χ0n) is 20.1. The molecule has 0 atom stereocenters. The molecule has 0 fully saturated rings. The average Bonchev–Trinajstić information content (AvgIpc) is 3.30. The first kappa shape index (κ1) is 26.2. The molecule has 2 heterocycles. The molecule has 36 heavy (non-hydrogen) atoms. The molecular formula is C26H27ClN4O3S2. The van der Waals surface area contributed by atoms with Crippen LogP contribution < -0.4 is 4.90 Å². The van der Waals surface area contributed by atoms with Gasteiger partial charge in [0.15, 0.2) is 5.13 Å². The first-order valence-electron chi connectivity index (χ1n) is 11.7. The summed E-state index contributed by atoms with van der Waals surface area (Å²) in [6.45, 7) is 5.08. The number of hydrogen-bond donors (Lipinski definition) is 0. The lowest BCUT2D eigenvalue weighted by Crippen LogP contribution is -2.33. The number of sulfonamides is 1. The molecule has 2 aromatic heterocycles. The smallest absolute Gasteiger partial charge is 0.260 e. The Morgan fingerprint density at radius 2 is 1.75 bits per heavy atom. The lowest BCUT2D eigenvalue weighted by molar-refractivity contribution is 0.0985. The van der Waals surface area contributed by atoms with Crippen molar-refractivity contribution in [2.45, 2.75) is 38.1 Å². The molecule has 7 nitrogen and oxygen atoms in total. The molecule has 2 aromatic carbocycles. The molecule has 0 aliphatic rings. The van der Waals surface area contributed by atoms with Crippen LogP contribution in [0.25, 0.3) is 10.2 Å². The van der Waals surface area contributed by atoms with Gasteiger partial charge >= 0.3 is 0 Å². The van der Waals surface area contributed by atoms with Crippen LogP contribution in [0.4, 0.5) is 5.13 Å². The summed E-state index contributed by atoms with van der Waals surface area (Å²) >= 11 is 7.52. The SMILES string of the molecule is CCCN(CCC)S(=O)(=O)c1ccc(C(=O)N(Cc2cccnc2)c2nc3ccc(Cl)cc3s2)cc1. The Hall–Kier alpha value is -2.85. The molecule has 0 saturated carbocycles. The van der Waals surface area contributed by atoms with E-state index in [1.54, 1.807) is 35.5 Å². The number of rotatable bonds is 10. The van der Waals surface area contributed by atoms with E-state index in [0.29, 0.717) is 28.8 Å². The standard InChI is InChI=1S/C26H27ClN4O3S2/c1-3-14-30(15-4-2)36(33,34)22-10-7-20(8-11-22)25(32)31(18-19-6-5-13-28-17-19)26-29-23-12-9-21(27)16-24(23)35-26/h5-13,16-17H,3-4,14-15,18H2,1-2H3. The summed E-state index contributed by atoms with van der Waals surface area (Å²) in [5, 5.41) is 1.12. The molecule has 188 valence electrons. The van der Waals surface area contributed by atoms with Gasteiger partial charge in [0.2, 0.25) is 10.0 Å². The molecule has 0 bridgehead atoms. The van der Waals surface area contributed by atoms with E-state index in [1.165, 1.54) is 27.8 Å². The van der Waals surface area contributed by atoms with Crippen molar-refractivity contribution in [3.8, 4) is 0 Å². The van der Waals surface area contributed by atoms with E-state index >= 15 is 0 Å². The van der Waals surface area contributed by atoms with Gasteiger partial charge < -0.3 is 0 Å². The maximum atomic E-state index is 13.7. The van der Waals surface area contributed by atoms with E-state index in [0.717, 1.165) is 28.6 Å². The highest BCUT2D eigenvalue weighted by molar-refractivity contribution is 7.89. The monoisotopic (exact) mass is 542 g/mol. The van der Waals surface area contributed by atoms with E-state index in [2.05, 4.69) is 9.97 Å². The van der Waals surface area contributed by atoms with Gasteiger partial charge in [-0.05, 0) is 66.9 Å². The third-order valence-electron chi connectivity index (χ3n) is 5.56. The van der Waals surface area contributed by atoms with Crippen molar-refractivity contribution in [3.05, 3.63) is 83.1 Å². The Morgan fingerprint density at radius 3 is 2.39 bits per heavy atom. The average molecular weight is 543 g/mol. The fourth-order valence-corrected chi connectivity index (χ4v) is 6.69. The number of thiazole rings is 1. The van der Waals surface area contributed by atoms with Gasteiger partial charge in [-0.3, -0.25) is 14.7 Å². The molecule has 0 saturated heterocycles. The number of carbonyl (C=O) groups is 1. The van der Waals surface area contributed by atoms with Gasteiger partial charge in [-0.2, -0.15) is 4.31 Å². The first-order valence-corrected chi connectivity index (χ1v) is 14.3. The van der Waals surface area contributed by atoms with E-state index in [4.69, 9.17) is 11.6 Å². The lowest BCUT2D eigenvalue weighted by atomic mass is 10.2. The quantitative estimate of drug-likeness (QED) is 0.245. The molecular weight excluding hydrogens is 516 g/mol. The van der Waals surface area contributed by atoms with Crippen molar-refractivity contribution >= 4 is 54.2 Å². The highest BCUT2D eigenvalue weighted by Crippen LogP contribution is 2.32. The number of anilines is 1. The fourth-order valence-electron chi connectivity index (χ4n) is 3.83. The number of hydrogen-bond acceptors (Lipinski definition) is 6. The van der Waals surface area contributed by atoms with Crippen LogP contribution in [0.1, 0.15) is 42.6 Å². The summed E-state index contributed by atoms with van der Waals surface area (Å²) in [7, 11) is -3.63. The molecule has 0 spiro atoms. The molecule has 0 unspecified atom stereocenters. The van der Waals surface area contributed by atoms with Crippen molar-refractivity contribution in [2.24, 2.45) is 0 Å². The van der Waals surface area contributed by atoms with Gasteiger partial charge in [-0.1, -0.05) is 42.9 Å². The third kappa shape index (κ3) is 5.75. The molecule has 10 heteroatoms. The van der Waals surface area contributed by atoms with Gasteiger partial charge in [-0.15, -0.1) is 0 Å². The van der Waals surface area contributed by atoms with Gasteiger partial charge in [0.25, 0.3) is 5.91 Å². The predicted molar refractivity (Wildman–Crippen MR) is 145 cm³/mol. The van der Waals surface area contributed by atoms with Gasteiger partial charge in [0, 0.05) is 36.1 Å². The van der Waals surface area contributed by atoms with Crippen LogP contribution in [0.2, 0.25) is 5.02 Å². The molecule has 4 aromatic rings. The van der Waals surface area contributed by atoms with Crippen LogP contribution >= 0.6 is 22.9 Å². The normalized spacial score (nSPS) is 11.8. The summed E-state index contributed by atoms with van der Waals surface area (Å²) in [4.78, 5) is 24.3. The zero-order chi connectivity index (χ0) is 25.7. The lowest BCUT2D eigenvalue weighted by Gasteiger charge is -2.22. The van der Waals surface area contributed by atoms with Crippen molar-refractivity contribution in [2.75, 3.05) is 18.0 Å². The van der Waals surface area contributed by atoms with Crippen molar-refractivity contribution < 1.29 is 13.2 Å². The summed E-state index contributed by atoms with van der Waals surface area (Å²) in [6, 6.07) is 15.2. The fraction of sp³-hybridized carbons (Fsp3) is 0.269. The van der Waals surface area contributed by atoms with Gasteiger partial charge in [-0.25, -0.2) is 13.4 Å². The number of fused-ring (bicyclic) bond motifs is 1. The van der Waals surface area contributed by atoms with Crippen molar-refractivity contribution in [1.29, 1.82) is 0 Å². The molecule has 0 aliphatic carbocycles. The minimum Gasteiger partial charge on any atom is -0.279 e. The Kier molecular flexibility index (Phi) is 8.35. The van der Waals surface area contributed by atoms with Crippen LogP contribution in [0.5, 0.6) is 0 Å². The van der Waals surface area contributed by atoms with Gasteiger partial charge in [0.05, 0.1) is 21.7 Å². The molecule has 1 amide bonds. The molecule has 4 rings (SSSR count). The minimum atomic E-state index is -3.63. The highest BCUT2D eigenvalue weighted by Gasteiger charge is 2.25. The second-order valence-corrected chi connectivity index (χ2v) is 11.7. The topological polar surface area (TPSA) is 83.5 Å². The van der Waals surface area contributed by atoms with Crippen LogP contribution in [0, 0.1) is 0 Å². The summed E-state index contributed by atoms with van der Waals surface area (Å²) < 4.78 is 28.6. The summed E-state index contributed by atoms with van der Waals surface area (Å²) in [6.07, 6.45) is 4.84. The van der Waals surface area contributed by atoms with Gasteiger partial charge in [0.1, 0.15) is 0 Å². The van der Waals surface area contributed by atoms with Crippen molar-refractivity contribution in [1.82, 2.24) is 14.3 Å². The van der Waals surface area contributed by atoms with E-state index in [-0.39, 0.29) is 17.3 Å². The number of benzene rings is 2. The largest absolute Gasteiger partial charge is 0.279 e. The van der Waals surface area contributed by atoms with Crippen LogP contribution in [0.15, 0.2) is 71.9 Å². The third-order valence-corrected chi connectivity index (χ3v) is 8.75. The van der Waals surface area contributed by atoms with Crippen LogP contribution in [-0.2, 0) is 16.6 Å². The zero-order valence-corrected chi connectivity index (χ0v) is 22.5. The first-order chi connectivity index (χ1) is 17.3. The number of pyridine rings is 1. The maximum Gasteiger partial charge on any atom is 0.260 e. The Balaban J connectivity index is 1.67. The Bertz CT molecular complexity index is 1440. The van der Waals surface area contributed by atoms with E-state index in [9.17, 15) is 13.2 Å². The van der Waals surface area contributed by atoms with E-state index in [1.807, 2.05) is 38.1 Å². The Labute approximate surface area is 220 Å². The van der Waals surface area contributed by atoms with Crippen LogP contribution in [0.3, 0.4) is 0 Å². The second kappa shape index (κ2) is 11.5. The number of amides is 1. The summed E-state index contributed by atoms with van der Waals surface area (Å²) in [5.41, 5.74) is 1.96. The summed E-state index contributed by atoms with van der Waals surface area (Å²) in [5.74, 6) is -0.285. The number of halogens is 1. The Morgan fingerprint density at radius 1 is 1.03 bits per heavy atom. The van der Waals surface area contributed by atoms with Crippen molar-refractivity contribution in [3.63, 3.8) is 0 Å². The second-order valence-electron chi connectivity index (χ2n) is 8.29. The minimum absolute atomic E-state index is 0.175.